The molecule has 0 unspecified atom stereocenters. The van der Waals surface area contributed by atoms with E-state index in [9.17, 15) is 4.57 Å². The van der Waals surface area contributed by atoms with Gasteiger partial charge in [0.1, 0.15) is 5.75 Å². The van der Waals surface area contributed by atoms with E-state index in [1.807, 2.05) is 25.1 Å². The molecule has 4 heteroatoms. The number of benzene rings is 1. The van der Waals surface area contributed by atoms with Gasteiger partial charge in [0.25, 0.3) is 0 Å². The summed E-state index contributed by atoms with van der Waals surface area (Å²) in [5.41, 5.74) is 2.07. The van der Waals surface area contributed by atoms with Crippen molar-refractivity contribution in [2.45, 2.75) is 13.5 Å². The molecule has 0 bridgehead atoms. The van der Waals surface area contributed by atoms with Gasteiger partial charge in [-0.1, -0.05) is 17.7 Å². The molecule has 0 saturated heterocycles. The van der Waals surface area contributed by atoms with Crippen molar-refractivity contribution in [1.29, 1.82) is 0 Å². The molecule has 3 nitrogen and oxygen atoms in total. The molecule has 15 heavy (non-hydrogen) atoms. The van der Waals surface area contributed by atoms with Crippen LogP contribution in [0.25, 0.3) is 0 Å². The third kappa shape index (κ3) is 4.06. The summed E-state index contributed by atoms with van der Waals surface area (Å²) in [5.74, 6) is 0.772. The molecule has 0 N–H and O–H groups in total. The van der Waals surface area contributed by atoms with E-state index in [4.69, 9.17) is 9.26 Å². The van der Waals surface area contributed by atoms with Crippen LogP contribution >= 0.6 is 7.37 Å². The first-order chi connectivity index (χ1) is 6.92. The van der Waals surface area contributed by atoms with Crippen molar-refractivity contribution in [2.24, 2.45) is 0 Å². The number of methoxy groups -OCH3 is 1. The van der Waals surface area contributed by atoms with Crippen LogP contribution in [0.1, 0.15) is 11.1 Å². The molecule has 84 valence electrons. The monoisotopic (exact) mass is 228 g/mol. The quantitative estimate of drug-likeness (QED) is 0.743. The predicted molar refractivity (Wildman–Crippen MR) is 62.0 cm³/mol. The molecule has 0 fully saturated rings. The van der Waals surface area contributed by atoms with Gasteiger partial charge < -0.3 is 9.26 Å². The SMILES string of the molecule is COc1ccc(C)cc1COP(C)(C)=O. The summed E-state index contributed by atoms with van der Waals surface area (Å²) in [6.45, 7) is 5.54. The number of hydrogen-bond donors (Lipinski definition) is 0. The zero-order chi connectivity index (χ0) is 11.5. The molecule has 0 saturated carbocycles. The van der Waals surface area contributed by atoms with Gasteiger partial charge in [0.2, 0.25) is 0 Å². The van der Waals surface area contributed by atoms with E-state index >= 15 is 0 Å². The summed E-state index contributed by atoms with van der Waals surface area (Å²) in [7, 11) is -0.815. The average Bonchev–Trinajstić information content (AvgIpc) is 2.14. The summed E-state index contributed by atoms with van der Waals surface area (Å²) in [4.78, 5) is 0. The van der Waals surface area contributed by atoms with Crippen LogP contribution in [0.5, 0.6) is 5.75 Å². The van der Waals surface area contributed by atoms with Crippen LogP contribution in [0.15, 0.2) is 18.2 Å². The highest BCUT2D eigenvalue weighted by atomic mass is 31.2. The van der Waals surface area contributed by atoms with Gasteiger partial charge in [0, 0.05) is 18.9 Å². The molecule has 1 aromatic carbocycles. The Hall–Kier alpha value is -0.790. The van der Waals surface area contributed by atoms with E-state index in [2.05, 4.69) is 0 Å². The van der Waals surface area contributed by atoms with Crippen LogP contribution in [-0.2, 0) is 15.7 Å². The van der Waals surface area contributed by atoms with Gasteiger partial charge in [-0.2, -0.15) is 0 Å². The zero-order valence-electron chi connectivity index (χ0n) is 9.61. The lowest BCUT2D eigenvalue weighted by atomic mass is 10.1. The van der Waals surface area contributed by atoms with Crippen LogP contribution in [0.3, 0.4) is 0 Å². The van der Waals surface area contributed by atoms with Crippen LogP contribution in [0.2, 0.25) is 0 Å². The number of aryl methyl sites for hydroxylation is 1. The Morgan fingerprint density at radius 1 is 1.33 bits per heavy atom. The van der Waals surface area contributed by atoms with E-state index in [0.29, 0.717) is 6.61 Å². The van der Waals surface area contributed by atoms with Crippen LogP contribution in [-0.4, -0.2) is 20.4 Å². The maximum absolute atomic E-state index is 11.4. The van der Waals surface area contributed by atoms with Crippen LogP contribution < -0.4 is 4.74 Å². The average molecular weight is 228 g/mol. The first kappa shape index (κ1) is 12.3. The Labute approximate surface area is 90.9 Å². The third-order valence-electron chi connectivity index (χ3n) is 1.97. The Morgan fingerprint density at radius 3 is 2.53 bits per heavy atom. The third-order valence-corrected chi connectivity index (χ3v) is 2.72. The summed E-state index contributed by atoms with van der Waals surface area (Å²) >= 11 is 0. The van der Waals surface area contributed by atoms with Crippen molar-refractivity contribution < 1.29 is 13.8 Å². The number of hydrogen-bond acceptors (Lipinski definition) is 3. The van der Waals surface area contributed by atoms with Crippen molar-refractivity contribution in [3.63, 3.8) is 0 Å². The Balaban J connectivity index is 2.83. The largest absolute Gasteiger partial charge is 0.496 e. The Bertz CT molecular complexity index is 381. The lowest BCUT2D eigenvalue weighted by Crippen LogP contribution is -1.95. The van der Waals surface area contributed by atoms with Gasteiger partial charge in [0.05, 0.1) is 13.7 Å². The smallest absolute Gasteiger partial charge is 0.197 e. The highest BCUT2D eigenvalue weighted by molar-refractivity contribution is 7.57. The van der Waals surface area contributed by atoms with E-state index in [-0.39, 0.29) is 0 Å². The number of ether oxygens (including phenoxy) is 1. The molecule has 0 radical (unpaired) electrons. The normalized spacial score (nSPS) is 11.5. The highest BCUT2D eigenvalue weighted by Crippen LogP contribution is 2.39. The second-order valence-corrected chi connectivity index (χ2v) is 6.60. The first-order valence-electron chi connectivity index (χ1n) is 4.75. The van der Waals surface area contributed by atoms with Gasteiger partial charge in [-0.25, -0.2) is 0 Å². The van der Waals surface area contributed by atoms with Gasteiger partial charge in [-0.05, 0) is 13.0 Å². The second kappa shape index (κ2) is 4.82. The van der Waals surface area contributed by atoms with E-state index < -0.39 is 7.37 Å². The first-order valence-corrected chi connectivity index (χ1v) is 7.27. The molecule has 0 aliphatic heterocycles. The lowest BCUT2D eigenvalue weighted by Gasteiger charge is -2.12. The van der Waals surface area contributed by atoms with E-state index in [0.717, 1.165) is 16.9 Å². The van der Waals surface area contributed by atoms with Gasteiger partial charge in [-0.15, -0.1) is 0 Å². The van der Waals surface area contributed by atoms with Crippen molar-refractivity contribution >= 4 is 7.37 Å². The topological polar surface area (TPSA) is 35.5 Å². The highest BCUT2D eigenvalue weighted by Gasteiger charge is 2.10. The summed E-state index contributed by atoms with van der Waals surface area (Å²) < 4.78 is 21.9. The Morgan fingerprint density at radius 2 is 2.00 bits per heavy atom. The zero-order valence-corrected chi connectivity index (χ0v) is 10.5. The van der Waals surface area contributed by atoms with E-state index in [1.165, 1.54) is 0 Å². The molecule has 0 aromatic heterocycles. The van der Waals surface area contributed by atoms with Gasteiger partial charge in [0.15, 0.2) is 7.37 Å². The minimum absolute atomic E-state index is 0.329. The molecular formula is C11H17O3P. The van der Waals surface area contributed by atoms with Crippen molar-refractivity contribution in [2.75, 3.05) is 20.4 Å². The molecule has 0 heterocycles. The fourth-order valence-electron chi connectivity index (χ4n) is 1.25. The van der Waals surface area contributed by atoms with E-state index in [1.54, 1.807) is 20.4 Å². The summed E-state index contributed by atoms with van der Waals surface area (Å²) in [5, 5.41) is 0. The summed E-state index contributed by atoms with van der Waals surface area (Å²) in [6.07, 6.45) is 0. The maximum atomic E-state index is 11.4. The number of rotatable bonds is 4. The maximum Gasteiger partial charge on any atom is 0.197 e. The second-order valence-electron chi connectivity index (χ2n) is 3.84. The van der Waals surface area contributed by atoms with Crippen LogP contribution in [0, 0.1) is 6.92 Å². The van der Waals surface area contributed by atoms with Crippen molar-refractivity contribution in [3.05, 3.63) is 29.3 Å². The predicted octanol–water partition coefficient (Wildman–Crippen LogP) is 3.06. The summed E-state index contributed by atoms with van der Waals surface area (Å²) in [6, 6.07) is 5.85. The molecule has 1 rings (SSSR count). The molecule has 0 aliphatic rings. The lowest BCUT2D eigenvalue weighted by molar-refractivity contribution is 0.301. The molecule has 0 amide bonds. The molecular weight excluding hydrogens is 211 g/mol. The standard InChI is InChI=1S/C11H17O3P/c1-9-5-6-11(13-2)10(7-9)8-14-15(3,4)12/h5-7H,8H2,1-4H3. The molecule has 1 aromatic rings. The molecule has 0 spiro atoms. The van der Waals surface area contributed by atoms with Gasteiger partial charge >= 0.3 is 0 Å². The fraction of sp³-hybridized carbons (Fsp3) is 0.455. The van der Waals surface area contributed by atoms with Gasteiger partial charge in [-0.3, -0.25) is 4.57 Å². The minimum Gasteiger partial charge on any atom is -0.496 e. The van der Waals surface area contributed by atoms with Crippen LogP contribution in [0.4, 0.5) is 0 Å². The molecule has 0 atom stereocenters. The Kier molecular flexibility index (Phi) is 3.95. The molecule has 0 aliphatic carbocycles. The fourth-order valence-corrected chi connectivity index (χ4v) is 1.70. The van der Waals surface area contributed by atoms with Crippen molar-refractivity contribution in [3.8, 4) is 5.75 Å². The minimum atomic E-state index is -2.43. The van der Waals surface area contributed by atoms with Crippen molar-refractivity contribution in [1.82, 2.24) is 0 Å².